The van der Waals surface area contributed by atoms with Gasteiger partial charge in [0.15, 0.2) is 23.2 Å². The van der Waals surface area contributed by atoms with Crippen LogP contribution in [-0.4, -0.2) is 124 Å². The maximum absolute atomic E-state index is 14.8. The number of ether oxygens (including phenoxy) is 4. The van der Waals surface area contributed by atoms with Crippen LogP contribution < -0.4 is 10.6 Å². The van der Waals surface area contributed by atoms with Crippen molar-refractivity contribution < 1.29 is 68.5 Å². The highest BCUT2D eigenvalue weighted by atomic mass is 16.6. The molecule has 7 N–H and O–H groups in total. The minimum atomic E-state index is -3.21. The first kappa shape index (κ1) is 38.7. The third-order valence-corrected chi connectivity index (χ3v) is 11.9. The van der Waals surface area contributed by atoms with Crippen molar-refractivity contribution in [2.45, 2.75) is 106 Å². The average molecular weight is 765 g/mol. The Hall–Kier alpha value is -4.55. The van der Waals surface area contributed by atoms with E-state index < -0.39 is 123 Å². The fourth-order valence-corrected chi connectivity index (χ4v) is 9.28. The van der Waals surface area contributed by atoms with Gasteiger partial charge in [0, 0.05) is 56.6 Å². The number of carbonyl (C=O) groups excluding carboxylic acids is 5. The number of benzene rings is 2. The Morgan fingerprint density at radius 3 is 2.22 bits per heavy atom. The number of fused-ring (bicyclic) bond motifs is 5. The lowest BCUT2D eigenvalue weighted by Gasteiger charge is -2.53. The van der Waals surface area contributed by atoms with Gasteiger partial charge in [0.1, 0.15) is 29.8 Å². The quantitative estimate of drug-likeness (QED) is 0.208. The van der Waals surface area contributed by atoms with Crippen molar-refractivity contribution in [2.75, 3.05) is 21.3 Å². The number of rotatable bonds is 7. The summed E-state index contributed by atoms with van der Waals surface area (Å²) in [6.07, 6.45) is -2.19. The molecule has 294 valence electrons. The lowest BCUT2D eigenvalue weighted by atomic mass is 9.56. The van der Waals surface area contributed by atoms with Gasteiger partial charge in [-0.3, -0.25) is 24.0 Å². The molecule has 1 unspecified atom stereocenters. The van der Waals surface area contributed by atoms with E-state index in [0.29, 0.717) is 0 Å². The van der Waals surface area contributed by atoms with E-state index in [9.17, 15) is 49.5 Å². The second kappa shape index (κ2) is 13.9. The molecule has 0 aromatic heterocycles. The number of Topliss-reactive ketones (excluding diaryl/α,β-unsaturated/α-hetero) is 3. The largest absolute Gasteiger partial charge is 0.507 e. The van der Waals surface area contributed by atoms with Crippen LogP contribution in [-0.2, 0) is 31.0 Å². The normalized spacial score (nSPS) is 31.9. The van der Waals surface area contributed by atoms with Gasteiger partial charge in [0.05, 0.1) is 34.6 Å². The van der Waals surface area contributed by atoms with E-state index in [1.165, 1.54) is 20.3 Å². The number of nitrogens with one attached hydrogen (secondary N) is 2. The molecule has 2 fully saturated rings. The Morgan fingerprint density at radius 1 is 0.909 bits per heavy atom. The van der Waals surface area contributed by atoms with E-state index in [2.05, 4.69) is 10.6 Å². The minimum absolute atomic E-state index is 0.0478. The average Bonchev–Trinajstić information content (AvgIpc) is 3.13. The van der Waals surface area contributed by atoms with E-state index in [4.69, 9.17) is 18.9 Å². The van der Waals surface area contributed by atoms with Crippen LogP contribution in [0, 0.1) is 6.92 Å². The van der Waals surface area contributed by atoms with Crippen LogP contribution in [0.2, 0.25) is 0 Å². The molecule has 16 nitrogen and oxygen atoms in total. The number of amides is 1. The highest BCUT2D eigenvalue weighted by molar-refractivity contribution is 6.31. The number of aromatic hydroxyl groups is 2. The zero-order chi connectivity index (χ0) is 39.9. The summed E-state index contributed by atoms with van der Waals surface area (Å²) in [5.41, 5.74) is -9.57. The number of aliphatic hydroxyl groups is 3. The van der Waals surface area contributed by atoms with E-state index in [0.717, 1.165) is 51.4 Å². The molecule has 8 atom stereocenters. The summed E-state index contributed by atoms with van der Waals surface area (Å²) < 4.78 is 22.2. The van der Waals surface area contributed by atoms with Crippen molar-refractivity contribution in [1.29, 1.82) is 0 Å². The number of ketones is 4. The molecule has 7 rings (SSSR count). The zero-order valence-corrected chi connectivity index (χ0v) is 30.9. The molecule has 2 aromatic rings. The maximum atomic E-state index is 14.8. The van der Waals surface area contributed by atoms with Gasteiger partial charge in [-0.2, -0.15) is 0 Å². The van der Waals surface area contributed by atoms with Gasteiger partial charge < -0.3 is 55.1 Å². The molecular formula is C39H44N2O14. The van der Waals surface area contributed by atoms with Gasteiger partial charge in [0.2, 0.25) is 17.3 Å². The Balaban J connectivity index is 1.34. The summed E-state index contributed by atoms with van der Waals surface area (Å²) in [5, 5.41) is 64.3. The number of methoxy groups -OCH3 is 3. The topological polar surface area (TPSA) is 247 Å². The number of aryl methyl sites for hydroxylation is 1. The molecule has 1 heterocycles. The lowest BCUT2D eigenvalue weighted by Crippen LogP contribution is -2.73. The molecule has 0 bridgehead atoms. The first-order valence-electron chi connectivity index (χ1n) is 18.2. The first-order chi connectivity index (χ1) is 26.1. The smallest absolute Gasteiger partial charge is 0.255 e. The van der Waals surface area contributed by atoms with Gasteiger partial charge >= 0.3 is 0 Å². The number of allylic oxidation sites excluding steroid dienone is 2. The Morgan fingerprint density at radius 2 is 1.58 bits per heavy atom. The van der Waals surface area contributed by atoms with E-state index in [1.54, 1.807) is 13.8 Å². The summed E-state index contributed by atoms with van der Waals surface area (Å²) in [7, 11) is 3.64. The van der Waals surface area contributed by atoms with E-state index in [-0.39, 0.29) is 28.4 Å². The van der Waals surface area contributed by atoms with Gasteiger partial charge in [0.25, 0.3) is 5.91 Å². The van der Waals surface area contributed by atoms with Crippen LogP contribution in [0.5, 0.6) is 11.5 Å². The highest BCUT2D eigenvalue weighted by Gasteiger charge is 2.72. The number of hydrogen-bond acceptors (Lipinski definition) is 15. The summed E-state index contributed by atoms with van der Waals surface area (Å²) in [5.74, 6) is -7.08. The Labute approximate surface area is 315 Å². The highest BCUT2D eigenvalue weighted by Crippen LogP contribution is 2.56. The summed E-state index contributed by atoms with van der Waals surface area (Å²) in [4.78, 5) is 70.9. The predicted molar refractivity (Wildman–Crippen MR) is 189 cm³/mol. The van der Waals surface area contributed by atoms with Crippen molar-refractivity contribution >= 4 is 29.0 Å². The molecule has 4 aliphatic carbocycles. The van der Waals surface area contributed by atoms with Crippen LogP contribution in [0.15, 0.2) is 23.9 Å². The third kappa shape index (κ3) is 5.41. The molecule has 1 amide bonds. The van der Waals surface area contributed by atoms with Crippen LogP contribution in [0.1, 0.15) is 108 Å². The molecule has 1 aliphatic heterocycles. The molecule has 0 radical (unpaired) electrons. The van der Waals surface area contributed by atoms with Gasteiger partial charge in [-0.05, 0) is 43.9 Å². The monoisotopic (exact) mass is 764 g/mol. The molecule has 0 spiro atoms. The van der Waals surface area contributed by atoms with E-state index >= 15 is 0 Å². The van der Waals surface area contributed by atoms with Crippen molar-refractivity contribution in [3.05, 3.63) is 68.4 Å². The summed E-state index contributed by atoms with van der Waals surface area (Å²) in [6.45, 7) is 3.17. The van der Waals surface area contributed by atoms with Crippen LogP contribution >= 0.6 is 0 Å². The second-order valence-electron chi connectivity index (χ2n) is 14.9. The van der Waals surface area contributed by atoms with Gasteiger partial charge in [-0.1, -0.05) is 25.3 Å². The van der Waals surface area contributed by atoms with Crippen LogP contribution in [0.25, 0.3) is 0 Å². The van der Waals surface area contributed by atoms with Crippen LogP contribution in [0.3, 0.4) is 0 Å². The standard InChI is InChI=1S/C39H44N2O14/c1-15-11-17-12-23(43)39(54-5)35(49)26-20(34(48)38(39,51)27(17)30(46)24(15)36(50)40-18-9-7-6-8-10-18)13-19-25(29(26)45)22(42)14-21(28(19)44)41-37-33(53-4)31(47)32(52-3)16(2)55-37/h11,13-14,16,18,23,31-33,37,41,43,45-47,51H,6-10,12H2,1-5H3,(H,40,50)/t16-,23+,31+,32-,33+,37?,38-,39+/m0/s1. The number of phenolic OH excluding ortho intramolecular Hbond substituents is 2. The molecule has 2 aromatic carbocycles. The molecular weight excluding hydrogens is 720 g/mol. The van der Waals surface area contributed by atoms with Crippen molar-refractivity contribution in [3.63, 3.8) is 0 Å². The Bertz CT molecular complexity index is 2060. The van der Waals surface area contributed by atoms with Crippen molar-refractivity contribution in [2.24, 2.45) is 0 Å². The number of carbonyl (C=O) groups is 5. The fourth-order valence-electron chi connectivity index (χ4n) is 9.28. The molecule has 1 saturated heterocycles. The maximum Gasteiger partial charge on any atom is 0.255 e. The summed E-state index contributed by atoms with van der Waals surface area (Å²) in [6, 6.07) is 2.14. The van der Waals surface area contributed by atoms with E-state index in [1.807, 2.05) is 0 Å². The molecule has 55 heavy (non-hydrogen) atoms. The Kier molecular flexibility index (Phi) is 9.77. The second-order valence-corrected chi connectivity index (χ2v) is 14.9. The summed E-state index contributed by atoms with van der Waals surface area (Å²) >= 11 is 0. The first-order valence-corrected chi connectivity index (χ1v) is 18.2. The number of aliphatic hydroxyl groups excluding tert-OH is 2. The SMILES string of the molecule is CO[C@@H]1[C@@H](O)[C@@H](OC)C(NC2=CC(=O)c3c(cc4c(c3O)C(=O)[C@]3(OC)[C@H](O)Cc5cc(C)c(C(=O)NC6CCCCC6)c(O)c5[C@]3(O)C4=O)C2=O)O[C@H]1C. The number of hydrogen-bond donors (Lipinski definition) is 7. The lowest BCUT2D eigenvalue weighted by molar-refractivity contribution is -0.236. The van der Waals surface area contributed by atoms with Crippen molar-refractivity contribution in [3.8, 4) is 11.5 Å². The number of phenols is 2. The van der Waals surface area contributed by atoms with Gasteiger partial charge in [-0.15, -0.1) is 0 Å². The fraction of sp³-hybridized carbons (Fsp3) is 0.513. The minimum Gasteiger partial charge on any atom is -0.507 e. The third-order valence-electron chi connectivity index (χ3n) is 11.9. The van der Waals surface area contributed by atoms with Crippen LogP contribution in [0.4, 0.5) is 0 Å². The zero-order valence-electron chi connectivity index (χ0n) is 30.9. The predicted octanol–water partition coefficient (Wildman–Crippen LogP) is 1.03. The molecule has 1 saturated carbocycles. The van der Waals surface area contributed by atoms with Gasteiger partial charge in [-0.25, -0.2) is 0 Å². The van der Waals surface area contributed by atoms with Crippen molar-refractivity contribution in [1.82, 2.24) is 10.6 Å². The molecule has 16 heteroatoms. The molecule has 5 aliphatic rings.